The van der Waals surface area contributed by atoms with E-state index in [4.69, 9.17) is 16.3 Å². The van der Waals surface area contributed by atoms with E-state index in [1.165, 1.54) is 17.5 Å². The summed E-state index contributed by atoms with van der Waals surface area (Å²) < 4.78 is 31.3. The van der Waals surface area contributed by atoms with Gasteiger partial charge in [-0.3, -0.25) is 5.10 Å². The maximum absolute atomic E-state index is 12.3. The van der Waals surface area contributed by atoms with Crippen LogP contribution >= 0.6 is 11.6 Å². The summed E-state index contributed by atoms with van der Waals surface area (Å²) in [6, 6.07) is 6.90. The fourth-order valence-corrected chi connectivity index (χ4v) is 3.11. The van der Waals surface area contributed by atoms with Crippen molar-refractivity contribution in [1.82, 2.24) is 14.5 Å². The summed E-state index contributed by atoms with van der Waals surface area (Å²) >= 11 is 5.78. The van der Waals surface area contributed by atoms with Crippen LogP contribution in [0, 0.1) is 6.92 Å². The number of aromatic nitrogens is 2. The lowest BCUT2D eigenvalue weighted by molar-refractivity contribution is 0.287. The van der Waals surface area contributed by atoms with Gasteiger partial charge in [-0.2, -0.15) is 9.40 Å². The molecule has 0 atom stereocenters. The Labute approximate surface area is 128 Å². The summed E-state index contributed by atoms with van der Waals surface area (Å²) in [7, 11) is -2.04. The molecule has 114 valence electrons. The first-order chi connectivity index (χ1) is 9.91. The molecular formula is C13H16ClN3O3S. The van der Waals surface area contributed by atoms with E-state index in [1.807, 2.05) is 0 Å². The molecule has 1 aromatic carbocycles. The number of aryl methyl sites for hydroxylation is 1. The number of ether oxygens (including phenoxy) is 1. The Morgan fingerprint density at radius 1 is 1.33 bits per heavy atom. The van der Waals surface area contributed by atoms with Crippen molar-refractivity contribution in [3.63, 3.8) is 0 Å². The smallest absolute Gasteiger partial charge is 0.246 e. The van der Waals surface area contributed by atoms with Gasteiger partial charge in [0.2, 0.25) is 10.0 Å². The zero-order chi connectivity index (χ0) is 15.5. The Bertz CT molecular complexity index is 698. The number of halogens is 1. The van der Waals surface area contributed by atoms with E-state index < -0.39 is 10.0 Å². The van der Waals surface area contributed by atoms with Crippen molar-refractivity contribution in [3.05, 3.63) is 41.2 Å². The van der Waals surface area contributed by atoms with Crippen molar-refractivity contribution >= 4 is 21.6 Å². The number of likely N-dealkylation sites (N-methyl/N-ethyl adjacent to an activating group) is 1. The molecule has 0 radical (unpaired) electrons. The zero-order valence-electron chi connectivity index (χ0n) is 11.7. The van der Waals surface area contributed by atoms with E-state index in [0.29, 0.717) is 16.5 Å². The zero-order valence-corrected chi connectivity index (χ0v) is 13.3. The minimum atomic E-state index is -3.55. The number of nitrogens with zero attached hydrogens (tertiary/aromatic N) is 2. The highest BCUT2D eigenvalue weighted by atomic mass is 35.5. The van der Waals surface area contributed by atoms with Gasteiger partial charge in [0.15, 0.2) is 0 Å². The molecular weight excluding hydrogens is 314 g/mol. The molecule has 6 nitrogen and oxygen atoms in total. The average Bonchev–Trinajstić information content (AvgIpc) is 2.88. The van der Waals surface area contributed by atoms with E-state index in [-0.39, 0.29) is 18.0 Å². The first-order valence-corrected chi connectivity index (χ1v) is 8.08. The lowest BCUT2D eigenvalue weighted by Gasteiger charge is -2.17. The molecule has 1 heterocycles. The van der Waals surface area contributed by atoms with Crippen molar-refractivity contribution in [1.29, 1.82) is 0 Å². The highest BCUT2D eigenvalue weighted by Crippen LogP contribution is 2.17. The van der Waals surface area contributed by atoms with Gasteiger partial charge in [0, 0.05) is 18.6 Å². The van der Waals surface area contributed by atoms with Crippen LogP contribution in [0.1, 0.15) is 5.69 Å². The molecule has 2 rings (SSSR count). The molecule has 0 bridgehead atoms. The van der Waals surface area contributed by atoms with E-state index in [1.54, 1.807) is 31.2 Å². The summed E-state index contributed by atoms with van der Waals surface area (Å²) in [5.41, 5.74) is 0.514. The molecule has 0 fully saturated rings. The Kier molecular flexibility index (Phi) is 4.87. The third-order valence-corrected chi connectivity index (χ3v) is 5.18. The number of aromatic amines is 1. The predicted molar refractivity (Wildman–Crippen MR) is 80.1 cm³/mol. The van der Waals surface area contributed by atoms with Crippen LogP contribution in [0.2, 0.25) is 5.02 Å². The van der Waals surface area contributed by atoms with Gasteiger partial charge in [-0.05, 0) is 31.2 Å². The molecule has 8 heteroatoms. The topological polar surface area (TPSA) is 75.3 Å². The van der Waals surface area contributed by atoms with Crippen molar-refractivity contribution in [3.8, 4) is 5.75 Å². The lowest BCUT2D eigenvalue weighted by Crippen LogP contribution is -2.31. The quantitative estimate of drug-likeness (QED) is 0.880. The highest BCUT2D eigenvalue weighted by molar-refractivity contribution is 7.89. The van der Waals surface area contributed by atoms with Crippen LogP contribution in [0.5, 0.6) is 5.75 Å². The Morgan fingerprint density at radius 3 is 2.57 bits per heavy atom. The van der Waals surface area contributed by atoms with Crippen molar-refractivity contribution in [2.24, 2.45) is 0 Å². The molecule has 1 aromatic heterocycles. The second-order valence-corrected chi connectivity index (χ2v) is 6.94. The summed E-state index contributed by atoms with van der Waals surface area (Å²) in [4.78, 5) is 0.177. The standard InChI is InChI=1S/C13H16ClN3O3S/c1-10-13(9-15-16-10)21(18,19)17(2)7-8-20-12-5-3-11(14)4-6-12/h3-6,9H,7-8H2,1-2H3,(H,15,16). The summed E-state index contributed by atoms with van der Waals surface area (Å²) in [6.45, 7) is 2.14. The van der Waals surface area contributed by atoms with E-state index >= 15 is 0 Å². The molecule has 0 saturated heterocycles. The number of nitrogens with one attached hydrogen (secondary N) is 1. The van der Waals surface area contributed by atoms with Crippen LogP contribution in [0.3, 0.4) is 0 Å². The first kappa shape index (κ1) is 15.8. The summed E-state index contributed by atoms with van der Waals surface area (Å²) in [5.74, 6) is 0.643. The Morgan fingerprint density at radius 2 is 2.00 bits per heavy atom. The van der Waals surface area contributed by atoms with Gasteiger partial charge in [-0.15, -0.1) is 0 Å². The molecule has 0 aliphatic carbocycles. The van der Waals surface area contributed by atoms with Crippen LogP contribution in [-0.4, -0.2) is 43.1 Å². The fraction of sp³-hybridized carbons (Fsp3) is 0.308. The number of benzene rings is 1. The number of sulfonamides is 1. The largest absolute Gasteiger partial charge is 0.492 e. The third-order valence-electron chi connectivity index (χ3n) is 2.96. The van der Waals surface area contributed by atoms with E-state index in [0.717, 1.165) is 0 Å². The molecule has 0 saturated carbocycles. The molecule has 0 aliphatic rings. The molecule has 0 spiro atoms. The monoisotopic (exact) mass is 329 g/mol. The first-order valence-electron chi connectivity index (χ1n) is 6.26. The van der Waals surface area contributed by atoms with Crippen molar-refractivity contribution < 1.29 is 13.2 Å². The Balaban J connectivity index is 1.94. The molecule has 2 aromatic rings. The van der Waals surface area contributed by atoms with Gasteiger partial charge >= 0.3 is 0 Å². The lowest BCUT2D eigenvalue weighted by atomic mass is 10.3. The fourth-order valence-electron chi connectivity index (χ4n) is 1.71. The van der Waals surface area contributed by atoms with Crippen LogP contribution in [0.25, 0.3) is 0 Å². The SMILES string of the molecule is Cc1[nH]ncc1S(=O)(=O)N(C)CCOc1ccc(Cl)cc1. The number of hydrogen-bond acceptors (Lipinski definition) is 4. The van der Waals surface area contributed by atoms with Crippen LogP contribution in [0.4, 0.5) is 0 Å². The van der Waals surface area contributed by atoms with Crippen LogP contribution < -0.4 is 4.74 Å². The summed E-state index contributed by atoms with van der Waals surface area (Å²) in [5, 5.41) is 6.97. The normalized spacial score (nSPS) is 11.8. The van der Waals surface area contributed by atoms with Crippen LogP contribution in [0.15, 0.2) is 35.4 Å². The van der Waals surface area contributed by atoms with Gasteiger partial charge in [-0.1, -0.05) is 11.6 Å². The average molecular weight is 330 g/mol. The van der Waals surface area contributed by atoms with Crippen molar-refractivity contribution in [2.45, 2.75) is 11.8 Å². The van der Waals surface area contributed by atoms with Gasteiger partial charge in [0.1, 0.15) is 17.3 Å². The van der Waals surface area contributed by atoms with Gasteiger partial charge in [0.25, 0.3) is 0 Å². The van der Waals surface area contributed by atoms with Gasteiger partial charge < -0.3 is 4.74 Å². The number of rotatable bonds is 6. The third kappa shape index (κ3) is 3.75. The van der Waals surface area contributed by atoms with Gasteiger partial charge in [-0.25, -0.2) is 8.42 Å². The van der Waals surface area contributed by atoms with E-state index in [2.05, 4.69) is 10.2 Å². The molecule has 1 N–H and O–H groups in total. The molecule has 0 amide bonds. The van der Waals surface area contributed by atoms with Crippen molar-refractivity contribution in [2.75, 3.05) is 20.2 Å². The number of hydrogen-bond donors (Lipinski definition) is 1. The second kappa shape index (κ2) is 6.46. The van der Waals surface area contributed by atoms with Gasteiger partial charge in [0.05, 0.1) is 11.9 Å². The second-order valence-electron chi connectivity index (χ2n) is 4.49. The van der Waals surface area contributed by atoms with E-state index in [9.17, 15) is 8.42 Å². The predicted octanol–water partition coefficient (Wildman–Crippen LogP) is 2.07. The Hall–Kier alpha value is -1.57. The summed E-state index contributed by atoms with van der Waals surface area (Å²) in [6.07, 6.45) is 1.31. The maximum Gasteiger partial charge on any atom is 0.246 e. The minimum absolute atomic E-state index is 0.177. The maximum atomic E-state index is 12.3. The van der Waals surface area contributed by atoms with Crippen LogP contribution in [-0.2, 0) is 10.0 Å². The highest BCUT2D eigenvalue weighted by Gasteiger charge is 2.23. The molecule has 21 heavy (non-hydrogen) atoms. The number of H-pyrrole nitrogens is 1. The molecule has 0 unspecified atom stereocenters. The minimum Gasteiger partial charge on any atom is -0.492 e. The molecule has 0 aliphatic heterocycles.